The zero-order valence-corrected chi connectivity index (χ0v) is 12.3. The Morgan fingerprint density at radius 3 is 2.08 bits per heavy atom. The maximum Gasteiger partial charge on any atom is 1.00 e. The SMILES string of the molecule is [CH2-]CN(C[CH2-])C1CCN(C)CC1.[K+]. The zero-order valence-electron chi connectivity index (χ0n) is 9.13. The summed E-state index contributed by atoms with van der Waals surface area (Å²) in [5, 5.41) is 0. The van der Waals surface area contributed by atoms with Gasteiger partial charge in [-0.25, -0.2) is 0 Å². The number of rotatable bonds is 3. The van der Waals surface area contributed by atoms with Crippen LogP contribution in [0.2, 0.25) is 0 Å². The Kier molecular flexibility index (Phi) is 8.73. The van der Waals surface area contributed by atoms with Gasteiger partial charge in [0.25, 0.3) is 0 Å². The molecule has 3 heteroatoms. The summed E-state index contributed by atoms with van der Waals surface area (Å²) in [5.41, 5.74) is 0. The average Bonchev–Trinajstić information content (AvgIpc) is 2.10. The Morgan fingerprint density at radius 2 is 1.69 bits per heavy atom. The van der Waals surface area contributed by atoms with Crippen molar-refractivity contribution in [3.8, 4) is 0 Å². The van der Waals surface area contributed by atoms with Crippen LogP contribution in [0, 0.1) is 13.8 Å². The molecule has 0 radical (unpaired) electrons. The first-order valence-corrected chi connectivity index (χ1v) is 4.79. The Balaban J connectivity index is 0.00000144. The van der Waals surface area contributed by atoms with E-state index in [1.54, 1.807) is 0 Å². The molecular weight excluding hydrogens is 187 g/mol. The van der Waals surface area contributed by atoms with E-state index in [2.05, 4.69) is 30.7 Å². The van der Waals surface area contributed by atoms with Gasteiger partial charge in [-0.1, -0.05) is 0 Å². The third-order valence-corrected chi connectivity index (χ3v) is 2.78. The van der Waals surface area contributed by atoms with Crippen molar-refractivity contribution in [3.05, 3.63) is 13.8 Å². The maximum absolute atomic E-state index is 3.92. The fraction of sp³-hybridized carbons (Fsp3) is 0.800. The second-order valence-electron chi connectivity index (χ2n) is 3.57. The van der Waals surface area contributed by atoms with Gasteiger partial charge in [-0.05, 0) is 33.0 Å². The smallest absolute Gasteiger partial charge is 0.360 e. The van der Waals surface area contributed by atoms with E-state index in [1.807, 2.05) is 0 Å². The summed E-state index contributed by atoms with van der Waals surface area (Å²) >= 11 is 0. The van der Waals surface area contributed by atoms with Crippen LogP contribution in [-0.2, 0) is 0 Å². The molecule has 0 N–H and O–H groups in total. The van der Waals surface area contributed by atoms with Crippen molar-refractivity contribution in [2.24, 2.45) is 0 Å². The van der Waals surface area contributed by atoms with Crippen LogP contribution in [0.15, 0.2) is 0 Å². The molecule has 0 amide bonds. The Bertz CT molecular complexity index is 118. The summed E-state index contributed by atoms with van der Waals surface area (Å²) in [6.07, 6.45) is 2.56. The summed E-state index contributed by atoms with van der Waals surface area (Å²) in [6, 6.07) is 0.733. The number of likely N-dealkylation sites (tertiary alicyclic amines) is 1. The molecule has 72 valence electrons. The van der Waals surface area contributed by atoms with Gasteiger partial charge in [-0.15, -0.1) is 13.1 Å². The van der Waals surface area contributed by atoms with Crippen LogP contribution in [0.1, 0.15) is 12.8 Å². The molecule has 1 heterocycles. The van der Waals surface area contributed by atoms with Crippen LogP contribution in [0.3, 0.4) is 0 Å². The number of hydrogen-bond donors (Lipinski definition) is 0. The molecule has 0 unspecified atom stereocenters. The van der Waals surface area contributed by atoms with Gasteiger partial charge in [0, 0.05) is 6.04 Å². The maximum atomic E-state index is 3.92. The molecule has 13 heavy (non-hydrogen) atoms. The van der Waals surface area contributed by atoms with Gasteiger partial charge in [0.05, 0.1) is 0 Å². The van der Waals surface area contributed by atoms with E-state index >= 15 is 0 Å². The Labute approximate surface area is 125 Å². The minimum atomic E-state index is 0. The number of piperidine rings is 1. The molecule has 1 fully saturated rings. The van der Waals surface area contributed by atoms with Crippen molar-refractivity contribution in [3.63, 3.8) is 0 Å². The van der Waals surface area contributed by atoms with Crippen LogP contribution >= 0.6 is 0 Å². The third kappa shape index (κ3) is 4.73. The molecule has 0 atom stereocenters. The first-order chi connectivity index (χ1) is 5.77. The van der Waals surface area contributed by atoms with E-state index < -0.39 is 0 Å². The van der Waals surface area contributed by atoms with Crippen molar-refractivity contribution in [1.82, 2.24) is 9.80 Å². The van der Waals surface area contributed by atoms with Gasteiger partial charge < -0.3 is 23.6 Å². The summed E-state index contributed by atoms with van der Waals surface area (Å²) in [4.78, 5) is 4.76. The molecule has 0 aromatic carbocycles. The minimum Gasteiger partial charge on any atom is -0.360 e. The molecule has 0 spiro atoms. The zero-order chi connectivity index (χ0) is 8.97. The van der Waals surface area contributed by atoms with E-state index in [1.165, 1.54) is 25.9 Å². The molecule has 1 aliphatic rings. The summed E-state index contributed by atoms with van der Waals surface area (Å²) in [5.74, 6) is 0. The summed E-state index contributed by atoms with van der Waals surface area (Å²) < 4.78 is 0. The molecule has 1 rings (SSSR count). The van der Waals surface area contributed by atoms with Crippen LogP contribution in [0.5, 0.6) is 0 Å². The average molecular weight is 207 g/mol. The second-order valence-corrected chi connectivity index (χ2v) is 3.57. The summed E-state index contributed by atoms with van der Waals surface area (Å²) in [7, 11) is 2.19. The standard InChI is InChI=1S/C10H20N2.K/c1-4-12(5-2)10-6-8-11(3)9-7-10;/h10H,1-2,4-9H2,3H3;/q-2;+1. The minimum absolute atomic E-state index is 0. The molecule has 2 nitrogen and oxygen atoms in total. The quantitative estimate of drug-likeness (QED) is 0.392. The van der Waals surface area contributed by atoms with Crippen molar-refractivity contribution < 1.29 is 51.4 Å². The Morgan fingerprint density at radius 1 is 1.23 bits per heavy atom. The normalized spacial score (nSPS) is 20.3. The number of hydrogen-bond acceptors (Lipinski definition) is 2. The van der Waals surface area contributed by atoms with Gasteiger partial charge in [0.2, 0.25) is 0 Å². The number of nitrogens with zero attached hydrogens (tertiary/aromatic N) is 2. The molecule has 1 saturated heterocycles. The van der Waals surface area contributed by atoms with E-state index in [-0.39, 0.29) is 51.4 Å². The largest absolute Gasteiger partial charge is 1.00 e. The predicted octanol–water partition coefficient (Wildman–Crippen LogP) is -1.95. The van der Waals surface area contributed by atoms with Crippen LogP contribution in [0.4, 0.5) is 0 Å². The molecule has 1 aliphatic heterocycles. The van der Waals surface area contributed by atoms with Crippen molar-refractivity contribution in [2.45, 2.75) is 18.9 Å². The van der Waals surface area contributed by atoms with Crippen LogP contribution in [-0.4, -0.2) is 49.1 Å². The second kappa shape index (κ2) is 7.80. The van der Waals surface area contributed by atoms with Crippen LogP contribution in [0.25, 0.3) is 0 Å². The monoisotopic (exact) mass is 207 g/mol. The first kappa shape index (κ1) is 14.6. The van der Waals surface area contributed by atoms with Gasteiger partial charge in [0.1, 0.15) is 0 Å². The predicted molar refractivity (Wildman–Crippen MR) is 52.8 cm³/mol. The van der Waals surface area contributed by atoms with Crippen molar-refractivity contribution >= 4 is 0 Å². The van der Waals surface area contributed by atoms with E-state index in [9.17, 15) is 0 Å². The van der Waals surface area contributed by atoms with Crippen molar-refractivity contribution in [1.29, 1.82) is 0 Å². The third-order valence-electron chi connectivity index (χ3n) is 2.78. The molecular formula is C10H20KN2-. The van der Waals surface area contributed by atoms with Gasteiger partial charge >= 0.3 is 51.4 Å². The first-order valence-electron chi connectivity index (χ1n) is 4.79. The van der Waals surface area contributed by atoms with Gasteiger partial charge in [-0.3, -0.25) is 0 Å². The van der Waals surface area contributed by atoms with Crippen LogP contribution < -0.4 is 51.4 Å². The fourth-order valence-corrected chi connectivity index (χ4v) is 1.84. The molecule has 0 saturated carbocycles. The van der Waals surface area contributed by atoms with Crippen molar-refractivity contribution in [2.75, 3.05) is 33.2 Å². The Hall–Kier alpha value is 1.56. The van der Waals surface area contributed by atoms with Gasteiger partial charge in [-0.2, -0.15) is 0 Å². The van der Waals surface area contributed by atoms with Gasteiger partial charge in [0.15, 0.2) is 0 Å². The molecule has 0 aliphatic carbocycles. The van der Waals surface area contributed by atoms with E-state index in [0.717, 1.165) is 19.1 Å². The molecule has 0 aromatic heterocycles. The topological polar surface area (TPSA) is 6.48 Å². The summed E-state index contributed by atoms with van der Waals surface area (Å²) in [6.45, 7) is 12.1. The van der Waals surface area contributed by atoms with E-state index in [0.29, 0.717) is 0 Å². The fourth-order valence-electron chi connectivity index (χ4n) is 1.84. The molecule has 0 bridgehead atoms. The van der Waals surface area contributed by atoms with E-state index in [4.69, 9.17) is 0 Å². The molecule has 0 aromatic rings.